The molecule has 0 aliphatic heterocycles. The molecule has 134 valence electrons. The summed E-state index contributed by atoms with van der Waals surface area (Å²) in [4.78, 5) is 28.5. The highest BCUT2D eigenvalue weighted by atomic mass is 32.2. The van der Waals surface area contributed by atoms with Crippen molar-refractivity contribution in [1.29, 1.82) is 0 Å². The molecule has 1 aromatic heterocycles. The van der Waals surface area contributed by atoms with Crippen LogP contribution in [0.15, 0.2) is 53.4 Å². The van der Waals surface area contributed by atoms with Crippen LogP contribution in [0.5, 0.6) is 0 Å². The van der Waals surface area contributed by atoms with Gasteiger partial charge < -0.3 is 10.5 Å². The first-order chi connectivity index (χ1) is 12.6. The van der Waals surface area contributed by atoms with Gasteiger partial charge in [-0.3, -0.25) is 4.79 Å². The van der Waals surface area contributed by atoms with Gasteiger partial charge in [-0.25, -0.2) is 9.78 Å². The number of amides is 1. The van der Waals surface area contributed by atoms with Crippen LogP contribution < -0.4 is 5.73 Å². The minimum absolute atomic E-state index is 0.127. The molecule has 0 saturated heterocycles. The van der Waals surface area contributed by atoms with Crippen LogP contribution in [0, 0.1) is 0 Å². The fourth-order valence-corrected chi connectivity index (χ4v) is 4.19. The molecule has 3 rings (SSSR count). The fraction of sp³-hybridized carbons (Fsp3) is 0.211. The molecule has 0 fully saturated rings. The zero-order chi connectivity index (χ0) is 18.4. The van der Waals surface area contributed by atoms with Gasteiger partial charge in [-0.2, -0.15) is 0 Å². The molecule has 0 unspecified atom stereocenters. The highest BCUT2D eigenvalue weighted by molar-refractivity contribution is 8.00. The number of hydrogen-bond donors (Lipinski definition) is 1. The third-order valence-electron chi connectivity index (χ3n) is 3.58. The lowest BCUT2D eigenvalue weighted by Gasteiger charge is -2.08. The van der Waals surface area contributed by atoms with Crippen molar-refractivity contribution in [2.45, 2.75) is 17.7 Å². The lowest BCUT2D eigenvalue weighted by atomic mass is 10.2. The average Bonchev–Trinajstić information content (AvgIpc) is 3.06. The van der Waals surface area contributed by atoms with Crippen LogP contribution in [-0.4, -0.2) is 29.2 Å². The standard InChI is InChI=1S/C19H18N2O3S2/c20-17(22)12-25-15-8-3-1-6-13(15)19(23)24-11-5-10-18-21-14-7-2-4-9-16(14)26-18/h1-4,6-9H,5,10-12H2,(H2,20,22). The molecule has 1 heterocycles. The van der Waals surface area contributed by atoms with E-state index >= 15 is 0 Å². The van der Waals surface area contributed by atoms with Gasteiger partial charge in [-0.15, -0.1) is 23.1 Å². The van der Waals surface area contributed by atoms with Gasteiger partial charge in [0.2, 0.25) is 5.91 Å². The summed E-state index contributed by atoms with van der Waals surface area (Å²) >= 11 is 2.90. The zero-order valence-corrected chi connectivity index (χ0v) is 15.6. The quantitative estimate of drug-likeness (QED) is 0.363. The second-order valence-electron chi connectivity index (χ2n) is 5.57. The zero-order valence-electron chi connectivity index (χ0n) is 14.0. The second kappa shape index (κ2) is 8.82. The number of carbonyl (C=O) groups is 2. The molecule has 7 heteroatoms. The smallest absolute Gasteiger partial charge is 0.339 e. The summed E-state index contributed by atoms with van der Waals surface area (Å²) in [5.41, 5.74) is 6.63. The Balaban J connectivity index is 1.51. The molecular weight excluding hydrogens is 368 g/mol. The Hall–Kier alpha value is -2.38. The van der Waals surface area contributed by atoms with Crippen molar-refractivity contribution >= 4 is 45.2 Å². The summed E-state index contributed by atoms with van der Waals surface area (Å²) in [6.45, 7) is 0.323. The highest BCUT2D eigenvalue weighted by Gasteiger charge is 2.13. The molecule has 3 aromatic rings. The third kappa shape index (κ3) is 4.83. The van der Waals surface area contributed by atoms with E-state index in [2.05, 4.69) is 11.1 Å². The number of carbonyl (C=O) groups excluding carboxylic acids is 2. The minimum Gasteiger partial charge on any atom is -0.462 e. The van der Waals surface area contributed by atoms with Gasteiger partial charge in [0.25, 0.3) is 0 Å². The molecule has 0 radical (unpaired) electrons. The van der Waals surface area contributed by atoms with Crippen LogP contribution in [0.3, 0.4) is 0 Å². The van der Waals surface area contributed by atoms with Crippen LogP contribution >= 0.6 is 23.1 Å². The van der Waals surface area contributed by atoms with Crippen molar-refractivity contribution in [3.8, 4) is 0 Å². The van der Waals surface area contributed by atoms with E-state index in [4.69, 9.17) is 10.5 Å². The maximum atomic E-state index is 12.3. The van der Waals surface area contributed by atoms with Gasteiger partial charge in [-0.05, 0) is 30.7 Å². The van der Waals surface area contributed by atoms with E-state index in [0.29, 0.717) is 23.5 Å². The number of ether oxygens (including phenoxy) is 1. The number of thioether (sulfide) groups is 1. The average molecular weight is 386 g/mol. The summed E-state index contributed by atoms with van der Waals surface area (Å²) in [6.07, 6.45) is 1.48. The van der Waals surface area contributed by atoms with Crippen molar-refractivity contribution in [3.63, 3.8) is 0 Å². The monoisotopic (exact) mass is 386 g/mol. The van der Waals surface area contributed by atoms with Crippen LogP contribution in [0.4, 0.5) is 0 Å². The predicted octanol–water partition coefficient (Wildman–Crippen LogP) is 3.66. The number of hydrogen-bond acceptors (Lipinski definition) is 6. The minimum atomic E-state index is -0.422. The number of para-hydroxylation sites is 1. The SMILES string of the molecule is NC(=O)CSc1ccccc1C(=O)OCCCc1nc2ccccc2s1. The molecule has 0 spiro atoms. The van der Waals surface area contributed by atoms with Gasteiger partial charge in [0, 0.05) is 11.3 Å². The first-order valence-electron chi connectivity index (χ1n) is 8.15. The van der Waals surface area contributed by atoms with E-state index in [1.54, 1.807) is 29.5 Å². The van der Waals surface area contributed by atoms with E-state index in [1.807, 2.05) is 24.3 Å². The van der Waals surface area contributed by atoms with Gasteiger partial charge in [0.1, 0.15) is 0 Å². The third-order valence-corrected chi connectivity index (χ3v) is 5.78. The number of nitrogens with two attached hydrogens (primary N) is 1. The summed E-state index contributed by atoms with van der Waals surface area (Å²) in [6, 6.07) is 15.1. The molecule has 0 bridgehead atoms. The molecule has 26 heavy (non-hydrogen) atoms. The number of esters is 1. The van der Waals surface area contributed by atoms with E-state index in [1.165, 1.54) is 16.5 Å². The van der Waals surface area contributed by atoms with Gasteiger partial charge in [0.15, 0.2) is 0 Å². The Morgan fingerprint density at radius 3 is 2.69 bits per heavy atom. The topological polar surface area (TPSA) is 82.3 Å². The summed E-state index contributed by atoms with van der Waals surface area (Å²) < 4.78 is 6.55. The van der Waals surface area contributed by atoms with Crippen molar-refractivity contribution < 1.29 is 14.3 Å². The lowest BCUT2D eigenvalue weighted by Crippen LogP contribution is -2.14. The molecule has 0 atom stereocenters. The normalized spacial score (nSPS) is 10.8. The Kier molecular flexibility index (Phi) is 6.25. The molecule has 0 aliphatic rings. The van der Waals surface area contributed by atoms with Gasteiger partial charge in [0.05, 0.1) is 33.1 Å². The number of aromatic nitrogens is 1. The number of thiazole rings is 1. The molecular formula is C19H18N2O3S2. The molecule has 5 nitrogen and oxygen atoms in total. The first kappa shape index (κ1) is 18.4. The number of nitrogens with zero attached hydrogens (tertiary/aromatic N) is 1. The molecule has 2 N–H and O–H groups in total. The van der Waals surface area contributed by atoms with E-state index < -0.39 is 5.91 Å². The largest absolute Gasteiger partial charge is 0.462 e. The second-order valence-corrected chi connectivity index (χ2v) is 7.70. The van der Waals surface area contributed by atoms with Crippen LogP contribution in [0.25, 0.3) is 10.2 Å². The maximum absolute atomic E-state index is 12.3. The maximum Gasteiger partial charge on any atom is 0.339 e. The lowest BCUT2D eigenvalue weighted by molar-refractivity contribution is -0.115. The Labute approximate surface area is 159 Å². The van der Waals surface area contributed by atoms with Crippen LogP contribution in [-0.2, 0) is 16.0 Å². The number of aryl methyl sites for hydroxylation is 1. The molecule has 1 amide bonds. The van der Waals surface area contributed by atoms with Crippen molar-refractivity contribution in [2.75, 3.05) is 12.4 Å². The molecule has 2 aromatic carbocycles. The Morgan fingerprint density at radius 1 is 1.12 bits per heavy atom. The van der Waals surface area contributed by atoms with Crippen molar-refractivity contribution in [3.05, 3.63) is 59.1 Å². The number of benzene rings is 2. The van der Waals surface area contributed by atoms with E-state index in [0.717, 1.165) is 16.9 Å². The van der Waals surface area contributed by atoms with Crippen molar-refractivity contribution in [1.82, 2.24) is 4.98 Å². The summed E-state index contributed by atoms with van der Waals surface area (Å²) in [5.74, 6) is -0.682. The predicted molar refractivity (Wildman–Crippen MR) is 105 cm³/mol. The number of rotatable bonds is 8. The molecule has 0 aliphatic carbocycles. The van der Waals surface area contributed by atoms with E-state index in [-0.39, 0.29) is 11.7 Å². The van der Waals surface area contributed by atoms with Gasteiger partial charge >= 0.3 is 5.97 Å². The summed E-state index contributed by atoms with van der Waals surface area (Å²) in [7, 11) is 0. The van der Waals surface area contributed by atoms with Gasteiger partial charge in [-0.1, -0.05) is 24.3 Å². The molecule has 0 saturated carbocycles. The van der Waals surface area contributed by atoms with Crippen LogP contribution in [0.2, 0.25) is 0 Å². The van der Waals surface area contributed by atoms with Crippen LogP contribution in [0.1, 0.15) is 21.8 Å². The number of fused-ring (bicyclic) bond motifs is 1. The van der Waals surface area contributed by atoms with E-state index in [9.17, 15) is 9.59 Å². The number of primary amides is 1. The Morgan fingerprint density at radius 2 is 1.88 bits per heavy atom. The first-order valence-corrected chi connectivity index (χ1v) is 9.95. The highest BCUT2D eigenvalue weighted by Crippen LogP contribution is 2.24. The Bertz CT molecular complexity index is 891. The van der Waals surface area contributed by atoms with Crippen molar-refractivity contribution in [2.24, 2.45) is 5.73 Å². The summed E-state index contributed by atoms with van der Waals surface area (Å²) in [5, 5.41) is 1.04. The fourth-order valence-electron chi connectivity index (χ4n) is 2.40.